The van der Waals surface area contributed by atoms with Gasteiger partial charge in [-0.15, -0.1) is 0 Å². The highest BCUT2D eigenvalue weighted by Crippen LogP contribution is 2.18. The maximum Gasteiger partial charge on any atom is 0.225 e. The Morgan fingerprint density at radius 3 is 1.21 bits per heavy atom. The van der Waals surface area contributed by atoms with Gasteiger partial charge in [-0.25, -0.2) is 0 Å². The lowest BCUT2D eigenvalue weighted by Crippen LogP contribution is -2.39. The van der Waals surface area contributed by atoms with Gasteiger partial charge in [0.05, 0.1) is 12.0 Å². The molecule has 0 bridgehead atoms. The maximum atomic E-state index is 13.1. The highest BCUT2D eigenvalue weighted by Gasteiger charge is 2.25. The first-order valence-electron chi connectivity index (χ1n) is 15.4. The van der Waals surface area contributed by atoms with Crippen molar-refractivity contribution in [3.05, 3.63) is 0 Å². The van der Waals surface area contributed by atoms with Crippen LogP contribution in [0.25, 0.3) is 0 Å². The third-order valence-electron chi connectivity index (χ3n) is 7.03. The van der Waals surface area contributed by atoms with E-state index in [-0.39, 0.29) is 11.5 Å². The molecule has 0 aliphatic carbocycles. The molecule has 0 N–H and O–H groups in total. The van der Waals surface area contributed by atoms with Crippen LogP contribution in [0.5, 0.6) is 0 Å². The molecule has 0 aliphatic rings. The van der Waals surface area contributed by atoms with Crippen LogP contribution in [-0.2, 0) is 9.53 Å². The number of hydrogen-bond acceptors (Lipinski definition) is 2. The van der Waals surface area contributed by atoms with Crippen molar-refractivity contribution in [3.8, 4) is 0 Å². The molecule has 3 heteroatoms. The topological polar surface area (TPSA) is 29.5 Å². The largest absolute Gasteiger partial charge is 0.375 e. The van der Waals surface area contributed by atoms with E-state index in [9.17, 15) is 4.79 Å². The SMILES string of the molecule is CCCCCCCCCCCCN(CCCCCCCCCCCC)C(=O)CC(C)(C)OCC. The van der Waals surface area contributed by atoms with Crippen LogP contribution in [0.15, 0.2) is 0 Å². The zero-order valence-electron chi connectivity index (χ0n) is 24.2. The number of carbonyl (C=O) groups is 1. The van der Waals surface area contributed by atoms with E-state index >= 15 is 0 Å². The standard InChI is InChI=1S/C31H63NO2/c1-6-9-11-13-15-17-19-21-23-25-27-32(30(33)29-31(4,5)34-8-3)28-26-24-22-20-18-16-14-12-10-7-2/h6-29H2,1-5H3. The molecule has 0 aromatic heterocycles. The summed E-state index contributed by atoms with van der Waals surface area (Å²) in [5.41, 5.74) is -0.361. The van der Waals surface area contributed by atoms with Gasteiger partial charge in [0, 0.05) is 19.7 Å². The van der Waals surface area contributed by atoms with E-state index in [4.69, 9.17) is 4.74 Å². The number of hydrogen-bond donors (Lipinski definition) is 0. The van der Waals surface area contributed by atoms with Gasteiger partial charge in [-0.3, -0.25) is 4.79 Å². The first-order chi connectivity index (χ1) is 16.5. The molecule has 0 radical (unpaired) electrons. The number of unbranched alkanes of at least 4 members (excludes halogenated alkanes) is 18. The van der Waals surface area contributed by atoms with Gasteiger partial charge < -0.3 is 9.64 Å². The lowest BCUT2D eigenvalue weighted by molar-refractivity contribution is -0.137. The Kier molecular flexibility index (Phi) is 23.7. The third-order valence-corrected chi connectivity index (χ3v) is 7.03. The summed E-state index contributed by atoms with van der Waals surface area (Å²) in [6.45, 7) is 13.2. The molecule has 1 amide bonds. The minimum atomic E-state index is -0.361. The number of ether oxygens (including phenoxy) is 1. The quantitative estimate of drug-likeness (QED) is 0.115. The molecule has 0 rings (SSSR count). The molecule has 0 spiro atoms. The fraction of sp³-hybridized carbons (Fsp3) is 0.968. The molecule has 0 aliphatic heterocycles. The summed E-state index contributed by atoms with van der Waals surface area (Å²) in [6, 6.07) is 0. The summed E-state index contributed by atoms with van der Waals surface area (Å²) in [7, 11) is 0. The van der Waals surface area contributed by atoms with E-state index in [0.29, 0.717) is 13.0 Å². The van der Waals surface area contributed by atoms with Crippen LogP contribution in [0.2, 0.25) is 0 Å². The van der Waals surface area contributed by atoms with Gasteiger partial charge in [-0.2, -0.15) is 0 Å². The van der Waals surface area contributed by atoms with E-state index < -0.39 is 0 Å². The van der Waals surface area contributed by atoms with Gasteiger partial charge in [0.25, 0.3) is 0 Å². The van der Waals surface area contributed by atoms with Crippen molar-refractivity contribution in [3.63, 3.8) is 0 Å². The molecule has 3 nitrogen and oxygen atoms in total. The Morgan fingerprint density at radius 1 is 0.559 bits per heavy atom. The molecule has 0 aromatic carbocycles. The van der Waals surface area contributed by atoms with E-state index in [1.165, 1.54) is 116 Å². The number of rotatable bonds is 26. The van der Waals surface area contributed by atoms with Gasteiger partial charge in [0.1, 0.15) is 0 Å². The zero-order valence-corrected chi connectivity index (χ0v) is 24.2. The minimum Gasteiger partial charge on any atom is -0.375 e. The Balaban J connectivity index is 4.15. The van der Waals surface area contributed by atoms with Crippen molar-refractivity contribution in [1.82, 2.24) is 4.90 Å². The normalized spacial score (nSPS) is 11.8. The van der Waals surface area contributed by atoms with E-state index in [1.807, 2.05) is 20.8 Å². The molecule has 204 valence electrons. The third kappa shape index (κ3) is 21.9. The number of amides is 1. The van der Waals surface area contributed by atoms with E-state index in [2.05, 4.69) is 18.7 Å². The molecule has 0 atom stereocenters. The molecule has 0 unspecified atom stereocenters. The monoisotopic (exact) mass is 481 g/mol. The van der Waals surface area contributed by atoms with Crippen molar-refractivity contribution in [1.29, 1.82) is 0 Å². The molecule has 0 saturated heterocycles. The van der Waals surface area contributed by atoms with Crippen LogP contribution < -0.4 is 0 Å². The predicted molar refractivity (Wildman–Crippen MR) is 151 cm³/mol. The molecule has 0 saturated carbocycles. The van der Waals surface area contributed by atoms with Crippen LogP contribution in [0, 0.1) is 0 Å². The predicted octanol–water partition coefficient (Wildman–Crippen LogP) is 9.86. The second kappa shape index (κ2) is 24.1. The van der Waals surface area contributed by atoms with Crippen LogP contribution in [0.4, 0.5) is 0 Å². The summed E-state index contributed by atoms with van der Waals surface area (Å²) in [5.74, 6) is 0.283. The van der Waals surface area contributed by atoms with Crippen molar-refractivity contribution in [2.75, 3.05) is 19.7 Å². The highest BCUT2D eigenvalue weighted by atomic mass is 16.5. The Bertz CT molecular complexity index is 411. The molecular weight excluding hydrogens is 418 g/mol. The van der Waals surface area contributed by atoms with Crippen molar-refractivity contribution in [2.24, 2.45) is 0 Å². The first kappa shape index (κ1) is 33.4. The van der Waals surface area contributed by atoms with Crippen LogP contribution in [0.3, 0.4) is 0 Å². The molecule has 0 aromatic rings. The summed E-state index contributed by atoms with van der Waals surface area (Å²) >= 11 is 0. The van der Waals surface area contributed by atoms with E-state index in [0.717, 1.165) is 25.9 Å². The maximum absolute atomic E-state index is 13.1. The molecule has 0 fully saturated rings. The zero-order chi connectivity index (χ0) is 25.3. The lowest BCUT2D eigenvalue weighted by Gasteiger charge is -2.29. The average molecular weight is 482 g/mol. The van der Waals surface area contributed by atoms with Gasteiger partial charge in [-0.1, -0.05) is 129 Å². The number of carbonyl (C=O) groups excluding carboxylic acids is 1. The summed E-state index contributed by atoms with van der Waals surface area (Å²) in [6.07, 6.45) is 27.3. The van der Waals surface area contributed by atoms with Crippen molar-refractivity contribution >= 4 is 5.91 Å². The first-order valence-corrected chi connectivity index (χ1v) is 15.4. The van der Waals surface area contributed by atoms with Gasteiger partial charge >= 0.3 is 0 Å². The minimum absolute atomic E-state index is 0.283. The molecular formula is C31H63NO2. The number of nitrogens with zero attached hydrogens (tertiary/aromatic N) is 1. The Hall–Kier alpha value is -0.570. The van der Waals surface area contributed by atoms with Gasteiger partial charge in [-0.05, 0) is 33.6 Å². The van der Waals surface area contributed by atoms with Crippen molar-refractivity contribution < 1.29 is 9.53 Å². The second-order valence-corrected chi connectivity index (χ2v) is 11.1. The fourth-order valence-electron chi connectivity index (χ4n) is 4.86. The highest BCUT2D eigenvalue weighted by molar-refractivity contribution is 5.77. The smallest absolute Gasteiger partial charge is 0.225 e. The Labute approximate surface area is 215 Å². The van der Waals surface area contributed by atoms with Gasteiger partial charge in [0.15, 0.2) is 0 Å². The molecule has 0 heterocycles. The van der Waals surface area contributed by atoms with Gasteiger partial charge in [0.2, 0.25) is 5.91 Å². The summed E-state index contributed by atoms with van der Waals surface area (Å²) in [4.78, 5) is 15.2. The average Bonchev–Trinajstić information content (AvgIpc) is 2.79. The van der Waals surface area contributed by atoms with Crippen molar-refractivity contribution in [2.45, 2.75) is 175 Å². The van der Waals surface area contributed by atoms with Crippen LogP contribution >= 0.6 is 0 Å². The summed E-state index contributed by atoms with van der Waals surface area (Å²) in [5, 5.41) is 0. The Morgan fingerprint density at radius 2 is 0.882 bits per heavy atom. The van der Waals surface area contributed by atoms with Crippen LogP contribution in [0.1, 0.15) is 169 Å². The summed E-state index contributed by atoms with van der Waals surface area (Å²) < 4.78 is 5.81. The lowest BCUT2D eigenvalue weighted by atomic mass is 10.0. The van der Waals surface area contributed by atoms with Crippen LogP contribution in [-0.4, -0.2) is 36.1 Å². The molecule has 34 heavy (non-hydrogen) atoms. The second-order valence-electron chi connectivity index (χ2n) is 11.1. The fourth-order valence-corrected chi connectivity index (χ4v) is 4.86. The van der Waals surface area contributed by atoms with E-state index in [1.54, 1.807) is 0 Å².